The van der Waals surface area contributed by atoms with Crippen LogP contribution in [0.2, 0.25) is 0 Å². The molecule has 0 aromatic heterocycles. The summed E-state index contributed by atoms with van der Waals surface area (Å²) in [5.74, 6) is 1.18. The number of thiocarbonyl (C=S) groups is 1. The molecule has 4 rings (SSSR count). The number of thioether (sulfide) groups is 1. The fourth-order valence-electron chi connectivity index (χ4n) is 3.33. The number of hydrogen-bond acceptors (Lipinski definition) is 5. The number of benzene rings is 3. The molecular weight excluding hydrogens is 553 g/mol. The molecular formula is C25H20INO3S2. The second-order valence-corrected chi connectivity index (χ2v) is 9.95. The largest absolute Gasteiger partial charge is 0.493 e. The zero-order valence-electron chi connectivity index (χ0n) is 17.5. The van der Waals surface area contributed by atoms with Gasteiger partial charge in [-0.2, -0.15) is 0 Å². The van der Waals surface area contributed by atoms with Gasteiger partial charge in [0.25, 0.3) is 5.91 Å². The molecule has 4 nitrogen and oxygen atoms in total. The quantitative estimate of drug-likeness (QED) is 0.189. The van der Waals surface area contributed by atoms with Gasteiger partial charge in [-0.3, -0.25) is 9.69 Å². The molecule has 1 amide bonds. The standard InChI is InChI=1S/C25H20INO3S2/c1-16-8-6-7-11-20(16)27-24(28)22(32-25(27)31)14-18-12-19(26)23(21(13-18)29-2)30-15-17-9-4-3-5-10-17/h3-14H,15H2,1-2H3/b22-14+. The molecule has 0 radical (unpaired) electrons. The van der Waals surface area contributed by atoms with Gasteiger partial charge in [0, 0.05) is 0 Å². The van der Waals surface area contributed by atoms with Crippen LogP contribution >= 0.6 is 46.6 Å². The van der Waals surface area contributed by atoms with Crippen molar-refractivity contribution in [3.05, 3.63) is 91.9 Å². The van der Waals surface area contributed by atoms with E-state index in [0.717, 1.165) is 25.9 Å². The number of halogens is 1. The number of amides is 1. The average Bonchev–Trinajstić information content (AvgIpc) is 3.06. The van der Waals surface area contributed by atoms with Crippen LogP contribution in [0.25, 0.3) is 6.08 Å². The summed E-state index contributed by atoms with van der Waals surface area (Å²) in [4.78, 5) is 15.3. The molecule has 1 aliphatic heterocycles. The third-order valence-corrected chi connectivity index (χ3v) is 7.03. The molecule has 0 aliphatic carbocycles. The van der Waals surface area contributed by atoms with Crippen molar-refractivity contribution in [3.63, 3.8) is 0 Å². The van der Waals surface area contributed by atoms with Crippen molar-refractivity contribution >= 4 is 68.6 Å². The minimum atomic E-state index is -0.118. The highest BCUT2D eigenvalue weighted by Crippen LogP contribution is 2.39. The van der Waals surface area contributed by atoms with E-state index in [1.54, 1.807) is 12.0 Å². The van der Waals surface area contributed by atoms with Crippen LogP contribution in [0.3, 0.4) is 0 Å². The maximum Gasteiger partial charge on any atom is 0.270 e. The van der Waals surface area contributed by atoms with Gasteiger partial charge in [-0.15, -0.1) is 0 Å². The maximum absolute atomic E-state index is 13.1. The van der Waals surface area contributed by atoms with Gasteiger partial charge in [0.2, 0.25) is 0 Å². The molecule has 0 atom stereocenters. The minimum absolute atomic E-state index is 0.118. The predicted octanol–water partition coefficient (Wildman–Crippen LogP) is 6.59. The summed E-state index contributed by atoms with van der Waals surface area (Å²) < 4.78 is 13.1. The van der Waals surface area contributed by atoms with E-state index in [4.69, 9.17) is 21.7 Å². The summed E-state index contributed by atoms with van der Waals surface area (Å²) in [6.07, 6.45) is 1.85. The molecule has 0 spiro atoms. The Balaban J connectivity index is 1.60. The lowest BCUT2D eigenvalue weighted by Crippen LogP contribution is -2.28. The Morgan fingerprint density at radius 1 is 1.09 bits per heavy atom. The van der Waals surface area contributed by atoms with Crippen molar-refractivity contribution in [2.24, 2.45) is 0 Å². The van der Waals surface area contributed by atoms with E-state index in [2.05, 4.69) is 22.6 Å². The van der Waals surface area contributed by atoms with Crippen LogP contribution in [0.1, 0.15) is 16.7 Å². The first-order valence-electron chi connectivity index (χ1n) is 9.86. The van der Waals surface area contributed by atoms with Crippen LogP contribution in [0.4, 0.5) is 5.69 Å². The number of carbonyl (C=O) groups is 1. The van der Waals surface area contributed by atoms with Crippen LogP contribution in [-0.4, -0.2) is 17.3 Å². The number of nitrogens with zero attached hydrogens (tertiary/aromatic N) is 1. The van der Waals surface area contributed by atoms with E-state index in [0.29, 0.717) is 27.3 Å². The summed E-state index contributed by atoms with van der Waals surface area (Å²) in [6, 6.07) is 21.6. The average molecular weight is 573 g/mol. The number of aryl methyl sites for hydroxylation is 1. The predicted molar refractivity (Wildman–Crippen MR) is 143 cm³/mol. The third kappa shape index (κ3) is 4.84. The molecule has 1 saturated heterocycles. The Hall–Kier alpha value is -2.36. The lowest BCUT2D eigenvalue weighted by Gasteiger charge is -2.16. The van der Waals surface area contributed by atoms with Crippen molar-refractivity contribution in [2.75, 3.05) is 12.0 Å². The molecule has 7 heteroatoms. The van der Waals surface area contributed by atoms with Gasteiger partial charge in [0.1, 0.15) is 6.61 Å². The minimum Gasteiger partial charge on any atom is -0.493 e. The van der Waals surface area contributed by atoms with Crippen LogP contribution in [0, 0.1) is 10.5 Å². The molecule has 3 aromatic carbocycles. The summed E-state index contributed by atoms with van der Waals surface area (Å²) in [5, 5.41) is 0. The van der Waals surface area contributed by atoms with E-state index in [1.807, 2.05) is 79.7 Å². The Morgan fingerprint density at radius 3 is 2.53 bits per heavy atom. The Morgan fingerprint density at radius 2 is 1.81 bits per heavy atom. The van der Waals surface area contributed by atoms with Crippen LogP contribution in [0.15, 0.2) is 71.6 Å². The zero-order valence-corrected chi connectivity index (χ0v) is 21.3. The second-order valence-electron chi connectivity index (χ2n) is 7.11. The van der Waals surface area contributed by atoms with E-state index in [9.17, 15) is 4.79 Å². The van der Waals surface area contributed by atoms with Crippen LogP contribution < -0.4 is 14.4 Å². The molecule has 32 heavy (non-hydrogen) atoms. The summed E-state index contributed by atoms with van der Waals surface area (Å²) >= 11 is 9.04. The number of methoxy groups -OCH3 is 1. The topological polar surface area (TPSA) is 38.8 Å². The monoisotopic (exact) mass is 573 g/mol. The Kier molecular flexibility index (Phi) is 7.17. The number of para-hydroxylation sites is 1. The highest BCUT2D eigenvalue weighted by atomic mass is 127. The first kappa shape index (κ1) is 22.8. The van der Waals surface area contributed by atoms with Gasteiger partial charge in [-0.05, 0) is 70.5 Å². The van der Waals surface area contributed by atoms with Gasteiger partial charge < -0.3 is 9.47 Å². The zero-order chi connectivity index (χ0) is 22.7. The summed E-state index contributed by atoms with van der Waals surface area (Å²) in [5.41, 5.74) is 3.74. The Bertz CT molecular complexity index is 1210. The van der Waals surface area contributed by atoms with E-state index >= 15 is 0 Å². The summed E-state index contributed by atoms with van der Waals surface area (Å²) in [7, 11) is 1.61. The van der Waals surface area contributed by atoms with Crippen molar-refractivity contribution < 1.29 is 14.3 Å². The molecule has 0 saturated carbocycles. The SMILES string of the molecule is COc1cc(/C=C2/SC(=S)N(c3ccccc3C)C2=O)cc(I)c1OCc1ccccc1. The molecule has 3 aromatic rings. The first-order chi connectivity index (χ1) is 15.5. The molecule has 0 unspecified atom stereocenters. The summed E-state index contributed by atoms with van der Waals surface area (Å²) in [6.45, 7) is 2.42. The number of rotatable bonds is 6. The van der Waals surface area contributed by atoms with E-state index < -0.39 is 0 Å². The molecule has 162 valence electrons. The first-order valence-corrected chi connectivity index (χ1v) is 12.2. The lowest BCUT2D eigenvalue weighted by molar-refractivity contribution is -0.113. The van der Waals surface area contributed by atoms with Crippen molar-refractivity contribution in [1.29, 1.82) is 0 Å². The maximum atomic E-state index is 13.1. The van der Waals surface area contributed by atoms with Gasteiger partial charge >= 0.3 is 0 Å². The van der Waals surface area contributed by atoms with Crippen LogP contribution in [0.5, 0.6) is 11.5 Å². The number of anilines is 1. The third-order valence-electron chi connectivity index (χ3n) is 4.93. The van der Waals surface area contributed by atoms with E-state index in [1.165, 1.54) is 11.8 Å². The highest BCUT2D eigenvalue weighted by Gasteiger charge is 2.34. The van der Waals surface area contributed by atoms with Gasteiger partial charge in [-0.25, -0.2) is 0 Å². The molecule has 1 aliphatic rings. The molecule has 0 bridgehead atoms. The van der Waals surface area contributed by atoms with Gasteiger partial charge in [-0.1, -0.05) is 72.5 Å². The van der Waals surface area contributed by atoms with Gasteiger partial charge in [0.05, 0.1) is 21.3 Å². The van der Waals surface area contributed by atoms with Crippen LogP contribution in [-0.2, 0) is 11.4 Å². The normalized spacial score (nSPS) is 14.8. The fourth-order valence-corrected chi connectivity index (χ4v) is 5.40. The Labute approximate surface area is 210 Å². The fraction of sp³-hybridized carbons (Fsp3) is 0.120. The number of hydrogen-bond donors (Lipinski definition) is 0. The van der Waals surface area contributed by atoms with Crippen molar-refractivity contribution in [1.82, 2.24) is 0 Å². The number of ether oxygens (including phenoxy) is 2. The molecule has 1 heterocycles. The van der Waals surface area contributed by atoms with Crippen molar-refractivity contribution in [2.45, 2.75) is 13.5 Å². The molecule has 1 fully saturated rings. The smallest absolute Gasteiger partial charge is 0.270 e. The second kappa shape index (κ2) is 10.1. The highest BCUT2D eigenvalue weighted by molar-refractivity contribution is 14.1. The lowest BCUT2D eigenvalue weighted by atomic mass is 10.1. The van der Waals surface area contributed by atoms with E-state index in [-0.39, 0.29) is 5.91 Å². The van der Waals surface area contributed by atoms with Gasteiger partial charge in [0.15, 0.2) is 15.8 Å². The molecule has 0 N–H and O–H groups in total. The number of carbonyl (C=O) groups excluding carboxylic acids is 1. The van der Waals surface area contributed by atoms with Crippen molar-refractivity contribution in [3.8, 4) is 11.5 Å².